The third kappa shape index (κ3) is 3.67. The molecular formula is C11H13Cl2NO2. The molecule has 0 unspecified atom stereocenters. The van der Waals surface area contributed by atoms with Crippen molar-refractivity contribution in [3.05, 3.63) is 33.8 Å². The Balaban J connectivity index is 2.69. The summed E-state index contributed by atoms with van der Waals surface area (Å²) in [6.45, 7) is 1.92. The molecule has 0 heterocycles. The van der Waals surface area contributed by atoms with Gasteiger partial charge in [0.05, 0.1) is 16.1 Å². The number of carbonyl (C=O) groups is 1. The summed E-state index contributed by atoms with van der Waals surface area (Å²) >= 11 is 11.7. The summed E-state index contributed by atoms with van der Waals surface area (Å²) in [6.07, 6.45) is 0. The highest BCUT2D eigenvalue weighted by molar-refractivity contribution is 6.42. The lowest BCUT2D eigenvalue weighted by Gasteiger charge is -2.14. The van der Waals surface area contributed by atoms with Crippen LogP contribution in [-0.4, -0.2) is 19.6 Å². The number of benzene rings is 1. The first-order valence-corrected chi connectivity index (χ1v) is 5.53. The van der Waals surface area contributed by atoms with Gasteiger partial charge in [-0.25, -0.2) is 0 Å². The molecule has 5 heteroatoms. The molecule has 1 N–H and O–H groups in total. The molecule has 1 aromatic carbocycles. The fraction of sp³-hybridized carbons (Fsp3) is 0.364. The zero-order valence-electron chi connectivity index (χ0n) is 9.09. The van der Waals surface area contributed by atoms with Gasteiger partial charge in [0, 0.05) is 7.11 Å². The van der Waals surface area contributed by atoms with Gasteiger partial charge in [0.1, 0.15) is 6.61 Å². The summed E-state index contributed by atoms with van der Waals surface area (Å²) in [5.74, 6) is -0.166. The lowest BCUT2D eigenvalue weighted by molar-refractivity contribution is -0.125. The standard InChI is InChI=1S/C11H13Cl2NO2/c1-7(14-11(15)6-16-2)8-3-4-9(12)10(13)5-8/h3-5,7H,6H2,1-2H3,(H,14,15)/t7-/m0/s1. The Labute approximate surface area is 105 Å². The quantitative estimate of drug-likeness (QED) is 0.906. The molecule has 0 aliphatic rings. The van der Waals surface area contributed by atoms with Gasteiger partial charge in [0.15, 0.2) is 0 Å². The van der Waals surface area contributed by atoms with E-state index >= 15 is 0 Å². The van der Waals surface area contributed by atoms with E-state index < -0.39 is 0 Å². The van der Waals surface area contributed by atoms with Gasteiger partial charge in [-0.3, -0.25) is 4.79 Å². The Morgan fingerprint density at radius 3 is 2.69 bits per heavy atom. The molecular weight excluding hydrogens is 249 g/mol. The minimum absolute atomic E-state index is 0.0473. The van der Waals surface area contributed by atoms with Gasteiger partial charge in [-0.15, -0.1) is 0 Å². The Hall–Kier alpha value is -0.770. The number of methoxy groups -OCH3 is 1. The molecule has 1 aromatic rings. The molecule has 0 bridgehead atoms. The maximum atomic E-state index is 11.3. The number of hydrogen-bond donors (Lipinski definition) is 1. The molecule has 88 valence electrons. The van der Waals surface area contributed by atoms with Crippen molar-refractivity contribution in [1.29, 1.82) is 0 Å². The number of ether oxygens (including phenoxy) is 1. The second kappa shape index (κ2) is 6.09. The summed E-state index contributed by atoms with van der Waals surface area (Å²) in [6, 6.07) is 5.14. The molecule has 0 aromatic heterocycles. The van der Waals surface area contributed by atoms with Crippen molar-refractivity contribution in [2.75, 3.05) is 13.7 Å². The number of nitrogens with one attached hydrogen (secondary N) is 1. The maximum absolute atomic E-state index is 11.3. The summed E-state index contributed by atoms with van der Waals surface area (Å²) in [5, 5.41) is 3.76. The van der Waals surface area contributed by atoms with Crippen LogP contribution in [0.2, 0.25) is 10.0 Å². The first-order valence-electron chi connectivity index (χ1n) is 4.78. The normalized spacial score (nSPS) is 12.2. The molecule has 3 nitrogen and oxygen atoms in total. The number of carbonyl (C=O) groups excluding carboxylic acids is 1. The van der Waals surface area contributed by atoms with E-state index in [9.17, 15) is 4.79 Å². The van der Waals surface area contributed by atoms with E-state index in [2.05, 4.69) is 5.32 Å². The Morgan fingerprint density at radius 1 is 1.44 bits per heavy atom. The van der Waals surface area contributed by atoms with Gasteiger partial charge >= 0.3 is 0 Å². The van der Waals surface area contributed by atoms with E-state index in [1.165, 1.54) is 7.11 Å². The van der Waals surface area contributed by atoms with Crippen LogP contribution in [0, 0.1) is 0 Å². The van der Waals surface area contributed by atoms with Gasteiger partial charge in [0.2, 0.25) is 5.91 Å². The van der Waals surface area contributed by atoms with Crippen LogP contribution >= 0.6 is 23.2 Å². The first-order chi connectivity index (χ1) is 7.54. The van der Waals surface area contributed by atoms with Gasteiger partial charge < -0.3 is 10.1 Å². The summed E-state index contributed by atoms with van der Waals surface area (Å²) < 4.78 is 4.72. The van der Waals surface area contributed by atoms with Crippen molar-refractivity contribution in [3.63, 3.8) is 0 Å². The summed E-state index contributed by atoms with van der Waals surface area (Å²) in [4.78, 5) is 11.3. The molecule has 16 heavy (non-hydrogen) atoms. The average Bonchev–Trinajstić information content (AvgIpc) is 2.22. The van der Waals surface area contributed by atoms with Crippen LogP contribution in [0.25, 0.3) is 0 Å². The van der Waals surface area contributed by atoms with Gasteiger partial charge in [-0.1, -0.05) is 29.3 Å². The molecule has 0 fully saturated rings. The molecule has 1 rings (SSSR count). The van der Waals surface area contributed by atoms with Crippen LogP contribution in [-0.2, 0) is 9.53 Å². The summed E-state index contributed by atoms with van der Waals surface area (Å²) in [5.41, 5.74) is 0.902. The Morgan fingerprint density at radius 2 is 2.12 bits per heavy atom. The monoisotopic (exact) mass is 261 g/mol. The highest BCUT2D eigenvalue weighted by Gasteiger charge is 2.10. The van der Waals surface area contributed by atoms with E-state index in [4.69, 9.17) is 27.9 Å². The third-order valence-corrected chi connectivity index (χ3v) is 2.84. The highest BCUT2D eigenvalue weighted by Crippen LogP contribution is 2.25. The van der Waals surface area contributed by atoms with Gasteiger partial charge in [0.25, 0.3) is 0 Å². The van der Waals surface area contributed by atoms with Crippen molar-refractivity contribution in [3.8, 4) is 0 Å². The fourth-order valence-electron chi connectivity index (χ4n) is 1.28. The van der Waals surface area contributed by atoms with Gasteiger partial charge in [-0.2, -0.15) is 0 Å². The van der Waals surface area contributed by atoms with E-state index in [-0.39, 0.29) is 18.6 Å². The fourth-order valence-corrected chi connectivity index (χ4v) is 1.59. The minimum Gasteiger partial charge on any atom is -0.375 e. The molecule has 1 amide bonds. The van der Waals surface area contributed by atoms with Crippen LogP contribution < -0.4 is 5.32 Å². The molecule has 0 aliphatic heterocycles. The molecule has 0 saturated carbocycles. The van der Waals surface area contributed by atoms with Crippen LogP contribution in [0.15, 0.2) is 18.2 Å². The van der Waals surface area contributed by atoms with Crippen molar-refractivity contribution in [2.45, 2.75) is 13.0 Å². The minimum atomic E-state index is -0.166. The number of halogens is 2. The lowest BCUT2D eigenvalue weighted by Crippen LogP contribution is -2.29. The topological polar surface area (TPSA) is 38.3 Å². The zero-order valence-corrected chi connectivity index (χ0v) is 10.6. The van der Waals surface area contributed by atoms with E-state index in [1.54, 1.807) is 12.1 Å². The Bertz CT molecular complexity index is 382. The van der Waals surface area contributed by atoms with Crippen LogP contribution in [0.3, 0.4) is 0 Å². The first kappa shape index (κ1) is 13.3. The number of hydrogen-bond acceptors (Lipinski definition) is 2. The number of rotatable bonds is 4. The predicted molar refractivity (Wildman–Crippen MR) is 64.9 cm³/mol. The predicted octanol–water partition coefficient (Wildman–Crippen LogP) is 2.82. The van der Waals surface area contributed by atoms with Crippen molar-refractivity contribution < 1.29 is 9.53 Å². The zero-order chi connectivity index (χ0) is 12.1. The van der Waals surface area contributed by atoms with Crippen LogP contribution in [0.4, 0.5) is 0 Å². The lowest BCUT2D eigenvalue weighted by atomic mass is 10.1. The molecule has 0 saturated heterocycles. The van der Waals surface area contributed by atoms with E-state index in [0.717, 1.165) is 5.56 Å². The highest BCUT2D eigenvalue weighted by atomic mass is 35.5. The molecule has 0 radical (unpaired) electrons. The smallest absolute Gasteiger partial charge is 0.246 e. The van der Waals surface area contributed by atoms with Crippen molar-refractivity contribution in [2.24, 2.45) is 0 Å². The second-order valence-electron chi connectivity index (χ2n) is 3.40. The molecule has 0 aliphatic carbocycles. The summed E-state index contributed by atoms with van der Waals surface area (Å²) in [7, 11) is 1.48. The van der Waals surface area contributed by atoms with Crippen molar-refractivity contribution >= 4 is 29.1 Å². The SMILES string of the molecule is COCC(=O)N[C@@H](C)c1ccc(Cl)c(Cl)c1. The van der Waals surface area contributed by atoms with E-state index in [1.807, 2.05) is 13.0 Å². The van der Waals surface area contributed by atoms with Crippen LogP contribution in [0.5, 0.6) is 0 Å². The number of amides is 1. The van der Waals surface area contributed by atoms with Gasteiger partial charge in [-0.05, 0) is 24.6 Å². The third-order valence-electron chi connectivity index (χ3n) is 2.10. The van der Waals surface area contributed by atoms with Crippen molar-refractivity contribution in [1.82, 2.24) is 5.32 Å². The molecule has 1 atom stereocenters. The average molecular weight is 262 g/mol. The largest absolute Gasteiger partial charge is 0.375 e. The Kier molecular flexibility index (Phi) is 5.06. The molecule has 0 spiro atoms. The second-order valence-corrected chi connectivity index (χ2v) is 4.21. The van der Waals surface area contributed by atoms with E-state index in [0.29, 0.717) is 10.0 Å². The maximum Gasteiger partial charge on any atom is 0.246 e. The van der Waals surface area contributed by atoms with Crippen LogP contribution in [0.1, 0.15) is 18.5 Å².